The molecule has 2 fully saturated rings. The predicted molar refractivity (Wildman–Crippen MR) is 97.3 cm³/mol. The van der Waals surface area contributed by atoms with Gasteiger partial charge in [-0.3, -0.25) is 4.90 Å². The number of hydrogen-bond acceptors (Lipinski definition) is 5. The first-order chi connectivity index (χ1) is 12.4. The molecule has 0 N–H and O–H groups in total. The number of rotatable bonds is 4. The Morgan fingerprint density at radius 1 is 1.46 bits per heavy atom. The lowest BCUT2D eigenvalue weighted by atomic mass is 9.95. The molecular formula is C17H17BrClF2N3O2. The van der Waals surface area contributed by atoms with Crippen LogP contribution in [0.25, 0.3) is 10.9 Å². The minimum absolute atomic E-state index is 0.00556. The van der Waals surface area contributed by atoms with Gasteiger partial charge in [-0.15, -0.1) is 0 Å². The minimum Gasteiger partial charge on any atom is -0.480 e. The van der Waals surface area contributed by atoms with Crippen molar-refractivity contribution >= 4 is 38.4 Å². The van der Waals surface area contributed by atoms with E-state index in [0.29, 0.717) is 18.4 Å². The first-order valence-corrected chi connectivity index (χ1v) is 9.52. The van der Waals surface area contributed by atoms with E-state index in [2.05, 4.69) is 30.8 Å². The van der Waals surface area contributed by atoms with Gasteiger partial charge in [-0.25, -0.2) is 8.78 Å². The number of halogens is 4. The Hall–Kier alpha value is -1.25. The van der Waals surface area contributed by atoms with E-state index in [-0.39, 0.29) is 39.0 Å². The van der Waals surface area contributed by atoms with Gasteiger partial charge >= 0.3 is 6.01 Å². The van der Waals surface area contributed by atoms with Crippen LogP contribution < -0.4 is 9.47 Å². The number of nitrogens with zero attached hydrogens (tertiary/aromatic N) is 3. The zero-order valence-electron chi connectivity index (χ0n) is 14.1. The van der Waals surface area contributed by atoms with Crippen LogP contribution in [0.2, 0.25) is 5.02 Å². The molecule has 0 aliphatic carbocycles. The average Bonchev–Trinajstić information content (AvgIpc) is 3.13. The topological polar surface area (TPSA) is 47.5 Å². The summed E-state index contributed by atoms with van der Waals surface area (Å²) in [6.45, 7) is 1.57. The van der Waals surface area contributed by atoms with E-state index in [9.17, 15) is 8.78 Å². The molecule has 0 radical (unpaired) electrons. The molecule has 26 heavy (non-hydrogen) atoms. The molecule has 1 aromatic heterocycles. The number of fused-ring (bicyclic) bond motifs is 2. The highest BCUT2D eigenvalue weighted by Crippen LogP contribution is 2.41. The van der Waals surface area contributed by atoms with Gasteiger partial charge in [0.1, 0.15) is 18.3 Å². The average molecular weight is 449 g/mol. The largest absolute Gasteiger partial charge is 0.480 e. The van der Waals surface area contributed by atoms with Crippen LogP contribution in [0.4, 0.5) is 8.78 Å². The van der Waals surface area contributed by atoms with Gasteiger partial charge in [-0.05, 0) is 41.4 Å². The molecule has 9 heteroatoms. The van der Waals surface area contributed by atoms with Crippen LogP contribution in [0.5, 0.6) is 11.9 Å². The molecule has 140 valence electrons. The lowest BCUT2D eigenvalue weighted by Crippen LogP contribution is -2.43. The second kappa shape index (κ2) is 6.73. The summed E-state index contributed by atoms with van der Waals surface area (Å²) in [4.78, 5) is 10.5. The first-order valence-electron chi connectivity index (χ1n) is 8.35. The number of aromatic nitrogens is 2. The fourth-order valence-electron chi connectivity index (χ4n) is 3.99. The van der Waals surface area contributed by atoms with Gasteiger partial charge in [0.05, 0.1) is 27.5 Å². The smallest absolute Gasteiger partial charge is 0.320 e. The van der Waals surface area contributed by atoms with Gasteiger partial charge in [0.15, 0.2) is 5.82 Å². The van der Waals surface area contributed by atoms with Crippen molar-refractivity contribution < 1.29 is 18.3 Å². The van der Waals surface area contributed by atoms with Crippen LogP contribution >= 0.6 is 27.5 Å². The molecule has 2 atom stereocenters. The summed E-state index contributed by atoms with van der Waals surface area (Å²) >= 11 is 9.12. The van der Waals surface area contributed by atoms with E-state index < -0.39 is 12.0 Å². The molecule has 5 nitrogen and oxygen atoms in total. The Labute approximate surface area is 162 Å². The monoisotopic (exact) mass is 447 g/mol. The summed E-state index contributed by atoms with van der Waals surface area (Å²) in [6.07, 6.45) is 1.47. The Morgan fingerprint density at radius 2 is 2.27 bits per heavy atom. The maximum Gasteiger partial charge on any atom is 0.320 e. The normalized spacial score (nSPS) is 25.7. The van der Waals surface area contributed by atoms with Crippen molar-refractivity contribution in [3.63, 3.8) is 0 Å². The van der Waals surface area contributed by atoms with Gasteiger partial charge in [0, 0.05) is 13.0 Å². The molecule has 3 heterocycles. The molecule has 0 saturated carbocycles. The van der Waals surface area contributed by atoms with E-state index in [1.54, 1.807) is 0 Å². The Morgan fingerprint density at radius 3 is 3.04 bits per heavy atom. The summed E-state index contributed by atoms with van der Waals surface area (Å²) in [5, 5.41) is 0.557. The minimum atomic E-state index is -0.846. The van der Waals surface area contributed by atoms with Crippen molar-refractivity contribution in [2.45, 2.75) is 31.0 Å². The maximum absolute atomic E-state index is 14.6. The molecule has 2 saturated heterocycles. The second-order valence-electron chi connectivity index (χ2n) is 6.76. The van der Waals surface area contributed by atoms with Gasteiger partial charge in [0.25, 0.3) is 0 Å². The van der Waals surface area contributed by atoms with E-state index in [1.165, 1.54) is 13.2 Å². The third-order valence-electron chi connectivity index (χ3n) is 5.20. The zero-order chi connectivity index (χ0) is 18.5. The third-order valence-corrected chi connectivity index (χ3v) is 6.50. The van der Waals surface area contributed by atoms with Crippen LogP contribution in [0.3, 0.4) is 0 Å². The number of ether oxygens (including phenoxy) is 2. The molecule has 1 aromatic carbocycles. The van der Waals surface area contributed by atoms with E-state index in [0.717, 1.165) is 19.4 Å². The molecular weight excluding hydrogens is 432 g/mol. The van der Waals surface area contributed by atoms with Crippen molar-refractivity contribution in [3.8, 4) is 11.9 Å². The summed E-state index contributed by atoms with van der Waals surface area (Å²) in [7, 11) is 1.43. The van der Waals surface area contributed by atoms with E-state index in [4.69, 9.17) is 21.1 Å². The second-order valence-corrected chi connectivity index (χ2v) is 7.96. The molecule has 2 aliphatic rings. The molecule has 2 aromatic rings. The maximum atomic E-state index is 14.6. The zero-order valence-corrected chi connectivity index (χ0v) is 16.4. The van der Waals surface area contributed by atoms with Crippen molar-refractivity contribution in [2.24, 2.45) is 0 Å². The highest BCUT2D eigenvalue weighted by atomic mass is 79.9. The summed E-state index contributed by atoms with van der Waals surface area (Å²) < 4.78 is 39.6. The summed E-state index contributed by atoms with van der Waals surface area (Å²) in [5.41, 5.74) is -0.275. The molecule has 0 bridgehead atoms. The van der Waals surface area contributed by atoms with Crippen LogP contribution in [0.15, 0.2) is 10.5 Å². The van der Waals surface area contributed by atoms with Gasteiger partial charge < -0.3 is 9.47 Å². The van der Waals surface area contributed by atoms with Crippen molar-refractivity contribution in [3.05, 3.63) is 21.4 Å². The Balaban J connectivity index is 1.67. The fraction of sp³-hybridized carbons (Fsp3) is 0.529. The highest BCUT2D eigenvalue weighted by Gasteiger charge is 2.49. The fourth-order valence-corrected chi connectivity index (χ4v) is 4.49. The Bertz CT molecular complexity index is 872. The number of alkyl halides is 1. The highest BCUT2D eigenvalue weighted by molar-refractivity contribution is 9.10. The molecule has 0 amide bonds. The SMILES string of the molecule is COc1nc(OC[C@@]23CCCN2C[C@H](F)C3)nc2c(F)c(Br)c(Cl)cc12. The number of methoxy groups -OCH3 is 1. The van der Waals surface area contributed by atoms with Gasteiger partial charge in [0.2, 0.25) is 5.88 Å². The molecule has 0 unspecified atom stereocenters. The van der Waals surface area contributed by atoms with Crippen molar-refractivity contribution in [1.29, 1.82) is 0 Å². The van der Waals surface area contributed by atoms with Crippen LogP contribution in [0.1, 0.15) is 19.3 Å². The van der Waals surface area contributed by atoms with Crippen molar-refractivity contribution in [1.82, 2.24) is 14.9 Å². The van der Waals surface area contributed by atoms with Gasteiger partial charge in [-0.1, -0.05) is 11.6 Å². The van der Waals surface area contributed by atoms with Crippen LogP contribution in [-0.4, -0.2) is 53.4 Å². The lowest BCUT2D eigenvalue weighted by molar-refractivity contribution is 0.107. The Kier molecular flexibility index (Phi) is 4.69. The molecule has 4 rings (SSSR count). The predicted octanol–water partition coefficient (Wildman–Crippen LogP) is 4.15. The van der Waals surface area contributed by atoms with E-state index >= 15 is 0 Å². The first kappa shape index (κ1) is 18.1. The summed E-state index contributed by atoms with van der Waals surface area (Å²) in [6, 6.07) is 1.54. The third kappa shape index (κ3) is 2.92. The van der Waals surface area contributed by atoms with Crippen LogP contribution in [0, 0.1) is 5.82 Å². The molecule has 2 aliphatic heterocycles. The van der Waals surface area contributed by atoms with Crippen molar-refractivity contribution in [2.75, 3.05) is 26.8 Å². The number of benzene rings is 1. The standard InChI is InChI=1S/C17H17BrClF2N3O2/c1-25-15-10-5-11(19)12(18)13(21)14(10)22-16(23-15)26-8-17-3-2-4-24(17)7-9(20)6-17/h5,9H,2-4,6-8H2,1H3/t9-,17+/m1/s1. The number of hydrogen-bond donors (Lipinski definition) is 0. The summed E-state index contributed by atoms with van der Waals surface area (Å²) in [5.74, 6) is -0.433. The molecule has 0 spiro atoms. The van der Waals surface area contributed by atoms with Crippen LogP contribution in [-0.2, 0) is 0 Å². The lowest BCUT2D eigenvalue weighted by Gasteiger charge is -2.30. The van der Waals surface area contributed by atoms with E-state index in [1.807, 2.05) is 0 Å². The van der Waals surface area contributed by atoms with Gasteiger partial charge in [-0.2, -0.15) is 9.97 Å². The quantitative estimate of drug-likeness (QED) is 0.658.